The van der Waals surface area contributed by atoms with Crippen LogP contribution in [-0.2, 0) is 11.3 Å². The van der Waals surface area contributed by atoms with Gasteiger partial charge in [0, 0.05) is 31.9 Å². The summed E-state index contributed by atoms with van der Waals surface area (Å²) in [6, 6.07) is 3.83. The van der Waals surface area contributed by atoms with E-state index in [4.69, 9.17) is 0 Å². The number of hydrogen-bond donors (Lipinski definition) is 2. The van der Waals surface area contributed by atoms with Crippen molar-refractivity contribution in [3.05, 3.63) is 30.1 Å². The molecule has 0 spiro atoms. The average Bonchev–Trinajstić information content (AvgIpc) is 2.41. The van der Waals surface area contributed by atoms with E-state index in [-0.39, 0.29) is 5.91 Å². The summed E-state index contributed by atoms with van der Waals surface area (Å²) in [5, 5.41) is 6.16. The highest BCUT2D eigenvalue weighted by atomic mass is 16.1. The molecular weight excluding hydrogens is 226 g/mol. The molecule has 1 rings (SSSR count). The van der Waals surface area contributed by atoms with Gasteiger partial charge in [-0.05, 0) is 24.6 Å². The Morgan fingerprint density at radius 2 is 2.22 bits per heavy atom. The normalized spacial score (nSPS) is 10.3. The molecule has 0 aliphatic carbocycles. The largest absolute Gasteiger partial charge is 0.352 e. The molecule has 2 N–H and O–H groups in total. The van der Waals surface area contributed by atoms with Crippen molar-refractivity contribution in [1.82, 2.24) is 15.6 Å². The Morgan fingerprint density at radius 1 is 1.33 bits per heavy atom. The summed E-state index contributed by atoms with van der Waals surface area (Å²) in [4.78, 5) is 15.5. The zero-order valence-electron chi connectivity index (χ0n) is 11.1. The molecule has 1 heterocycles. The zero-order valence-corrected chi connectivity index (χ0v) is 11.1. The summed E-state index contributed by atoms with van der Waals surface area (Å²) in [5.74, 6) is 0.0850. The van der Waals surface area contributed by atoms with E-state index in [0.29, 0.717) is 13.0 Å². The van der Waals surface area contributed by atoms with Gasteiger partial charge >= 0.3 is 0 Å². The first-order chi connectivity index (χ1) is 8.83. The van der Waals surface area contributed by atoms with Crippen molar-refractivity contribution in [3.63, 3.8) is 0 Å². The van der Waals surface area contributed by atoms with Crippen LogP contribution in [0.25, 0.3) is 0 Å². The van der Waals surface area contributed by atoms with Crippen LogP contribution in [-0.4, -0.2) is 24.0 Å². The van der Waals surface area contributed by atoms with Gasteiger partial charge in [0.2, 0.25) is 5.91 Å². The smallest absolute Gasteiger partial charge is 0.221 e. The lowest BCUT2D eigenvalue weighted by Gasteiger charge is -2.06. The lowest BCUT2D eigenvalue weighted by Crippen LogP contribution is -2.27. The molecule has 1 aromatic rings. The van der Waals surface area contributed by atoms with Crippen LogP contribution in [0.15, 0.2) is 24.5 Å². The molecule has 0 fully saturated rings. The highest BCUT2D eigenvalue weighted by Gasteiger charge is 2.00. The fourth-order valence-corrected chi connectivity index (χ4v) is 1.62. The summed E-state index contributed by atoms with van der Waals surface area (Å²) >= 11 is 0. The number of amides is 1. The molecule has 4 nitrogen and oxygen atoms in total. The maximum Gasteiger partial charge on any atom is 0.221 e. The number of unbranched alkanes of at least 4 members (excludes halogenated alkanes) is 2. The van der Waals surface area contributed by atoms with Gasteiger partial charge in [-0.2, -0.15) is 0 Å². The van der Waals surface area contributed by atoms with Gasteiger partial charge in [0.25, 0.3) is 0 Å². The Kier molecular flexibility index (Phi) is 7.80. The maximum atomic E-state index is 11.5. The van der Waals surface area contributed by atoms with E-state index in [1.807, 2.05) is 12.1 Å². The third-order valence-electron chi connectivity index (χ3n) is 2.70. The van der Waals surface area contributed by atoms with Gasteiger partial charge in [-0.25, -0.2) is 0 Å². The second kappa shape index (κ2) is 9.59. The first-order valence-electron chi connectivity index (χ1n) is 6.69. The molecule has 0 atom stereocenters. The topological polar surface area (TPSA) is 54.0 Å². The third-order valence-corrected chi connectivity index (χ3v) is 2.70. The van der Waals surface area contributed by atoms with E-state index in [1.54, 1.807) is 12.4 Å². The number of hydrogen-bond acceptors (Lipinski definition) is 3. The van der Waals surface area contributed by atoms with Gasteiger partial charge in [0.05, 0.1) is 0 Å². The van der Waals surface area contributed by atoms with Crippen molar-refractivity contribution in [2.24, 2.45) is 0 Å². The predicted octanol–water partition coefficient (Wildman–Crippen LogP) is 1.87. The third kappa shape index (κ3) is 7.01. The number of rotatable bonds is 9. The Hall–Kier alpha value is -1.42. The predicted molar refractivity (Wildman–Crippen MR) is 73.1 cm³/mol. The van der Waals surface area contributed by atoms with Crippen LogP contribution in [0.3, 0.4) is 0 Å². The Morgan fingerprint density at radius 3 is 2.94 bits per heavy atom. The van der Waals surface area contributed by atoms with E-state index in [0.717, 1.165) is 18.7 Å². The highest BCUT2D eigenvalue weighted by molar-refractivity contribution is 5.76. The van der Waals surface area contributed by atoms with E-state index >= 15 is 0 Å². The SMILES string of the molecule is CCCCCNCCC(=O)NCc1cccnc1. The quantitative estimate of drug-likeness (QED) is 0.657. The molecular formula is C14H23N3O. The molecule has 0 saturated heterocycles. The van der Waals surface area contributed by atoms with E-state index in [1.165, 1.54) is 19.3 Å². The molecule has 1 aromatic heterocycles. The van der Waals surface area contributed by atoms with Gasteiger partial charge in [0.15, 0.2) is 0 Å². The first kappa shape index (κ1) is 14.6. The van der Waals surface area contributed by atoms with Crippen molar-refractivity contribution in [3.8, 4) is 0 Å². The van der Waals surface area contributed by atoms with Crippen LogP contribution in [0.2, 0.25) is 0 Å². The standard InChI is InChI=1S/C14H23N3O/c1-2-3-4-8-15-10-7-14(18)17-12-13-6-5-9-16-11-13/h5-6,9,11,15H,2-4,7-8,10,12H2,1H3,(H,17,18). The van der Waals surface area contributed by atoms with Gasteiger partial charge in [-0.15, -0.1) is 0 Å². The van der Waals surface area contributed by atoms with Crippen molar-refractivity contribution >= 4 is 5.91 Å². The number of carbonyl (C=O) groups excluding carboxylic acids is 1. The summed E-state index contributed by atoms with van der Waals surface area (Å²) in [5.41, 5.74) is 1.03. The Balaban J connectivity index is 2.01. The number of aromatic nitrogens is 1. The first-order valence-corrected chi connectivity index (χ1v) is 6.69. The van der Waals surface area contributed by atoms with Crippen molar-refractivity contribution in [2.75, 3.05) is 13.1 Å². The van der Waals surface area contributed by atoms with Gasteiger partial charge in [-0.1, -0.05) is 25.8 Å². The molecule has 0 unspecified atom stereocenters. The van der Waals surface area contributed by atoms with E-state index in [2.05, 4.69) is 22.5 Å². The molecule has 0 saturated carbocycles. The average molecular weight is 249 g/mol. The molecule has 0 aliphatic rings. The van der Waals surface area contributed by atoms with E-state index in [9.17, 15) is 4.79 Å². The molecule has 18 heavy (non-hydrogen) atoms. The highest BCUT2D eigenvalue weighted by Crippen LogP contribution is 1.94. The van der Waals surface area contributed by atoms with Crippen molar-refractivity contribution < 1.29 is 4.79 Å². The van der Waals surface area contributed by atoms with Crippen molar-refractivity contribution in [1.29, 1.82) is 0 Å². The Bertz CT molecular complexity index is 327. The molecule has 0 aliphatic heterocycles. The number of pyridine rings is 1. The van der Waals surface area contributed by atoms with Crippen LogP contribution in [0.4, 0.5) is 0 Å². The fourth-order valence-electron chi connectivity index (χ4n) is 1.62. The minimum atomic E-state index is 0.0850. The van der Waals surface area contributed by atoms with Crippen LogP contribution in [0.1, 0.15) is 38.2 Å². The molecule has 100 valence electrons. The number of nitrogens with one attached hydrogen (secondary N) is 2. The van der Waals surface area contributed by atoms with Crippen LogP contribution >= 0.6 is 0 Å². The van der Waals surface area contributed by atoms with Crippen LogP contribution < -0.4 is 10.6 Å². The molecule has 0 bridgehead atoms. The van der Waals surface area contributed by atoms with Gasteiger partial charge < -0.3 is 10.6 Å². The molecule has 0 radical (unpaired) electrons. The second-order valence-electron chi connectivity index (χ2n) is 4.35. The molecule has 0 aromatic carbocycles. The lowest BCUT2D eigenvalue weighted by atomic mass is 10.2. The van der Waals surface area contributed by atoms with Gasteiger partial charge in [-0.3, -0.25) is 9.78 Å². The summed E-state index contributed by atoms with van der Waals surface area (Å²) in [7, 11) is 0. The second-order valence-corrected chi connectivity index (χ2v) is 4.35. The fraction of sp³-hybridized carbons (Fsp3) is 0.571. The number of nitrogens with zero attached hydrogens (tertiary/aromatic N) is 1. The van der Waals surface area contributed by atoms with E-state index < -0.39 is 0 Å². The summed E-state index contributed by atoms with van der Waals surface area (Å²) < 4.78 is 0. The number of carbonyl (C=O) groups is 1. The summed E-state index contributed by atoms with van der Waals surface area (Å²) in [6.45, 7) is 4.50. The minimum Gasteiger partial charge on any atom is -0.352 e. The maximum absolute atomic E-state index is 11.5. The molecule has 1 amide bonds. The van der Waals surface area contributed by atoms with Crippen LogP contribution in [0, 0.1) is 0 Å². The van der Waals surface area contributed by atoms with Gasteiger partial charge in [0.1, 0.15) is 0 Å². The Labute approximate surface area is 109 Å². The lowest BCUT2D eigenvalue weighted by molar-refractivity contribution is -0.121. The summed E-state index contributed by atoms with van der Waals surface area (Å²) in [6.07, 6.45) is 7.70. The minimum absolute atomic E-state index is 0.0850. The molecule has 4 heteroatoms. The van der Waals surface area contributed by atoms with Crippen molar-refractivity contribution in [2.45, 2.75) is 39.2 Å². The zero-order chi connectivity index (χ0) is 13.1. The van der Waals surface area contributed by atoms with Crippen LogP contribution in [0.5, 0.6) is 0 Å². The monoisotopic (exact) mass is 249 g/mol.